The Bertz CT molecular complexity index is 625. The molecule has 0 atom stereocenters. The standard InChI is InChI=1S/C14H10BrClFNO/c1-8-2-3-12(13(15)4-8)14(19)18-11-6-9(16)5-10(17)7-11/h2-7H,1H3,(H,18,19). The first-order valence-electron chi connectivity index (χ1n) is 5.49. The molecule has 0 aliphatic carbocycles. The van der Waals surface area contributed by atoms with Crippen molar-refractivity contribution in [1.29, 1.82) is 0 Å². The lowest BCUT2D eigenvalue weighted by molar-refractivity contribution is 0.102. The summed E-state index contributed by atoms with van der Waals surface area (Å²) in [7, 11) is 0. The number of carbonyl (C=O) groups excluding carboxylic acids is 1. The number of halogens is 3. The van der Waals surface area contributed by atoms with Gasteiger partial charge in [0.1, 0.15) is 5.82 Å². The van der Waals surface area contributed by atoms with Gasteiger partial charge in [0.05, 0.1) is 5.56 Å². The summed E-state index contributed by atoms with van der Waals surface area (Å²) in [6.07, 6.45) is 0. The summed E-state index contributed by atoms with van der Waals surface area (Å²) in [5.41, 5.74) is 1.84. The predicted octanol–water partition coefficient (Wildman–Crippen LogP) is 4.80. The molecule has 0 heterocycles. The average molecular weight is 343 g/mol. The van der Waals surface area contributed by atoms with Gasteiger partial charge in [-0.05, 0) is 58.7 Å². The monoisotopic (exact) mass is 341 g/mol. The number of anilines is 1. The highest BCUT2D eigenvalue weighted by Crippen LogP contribution is 2.22. The van der Waals surface area contributed by atoms with Crippen molar-refractivity contribution in [2.45, 2.75) is 6.92 Å². The second-order valence-electron chi connectivity index (χ2n) is 4.10. The van der Waals surface area contributed by atoms with Crippen LogP contribution in [-0.2, 0) is 0 Å². The summed E-state index contributed by atoms with van der Waals surface area (Å²) < 4.78 is 13.9. The highest BCUT2D eigenvalue weighted by atomic mass is 79.9. The largest absolute Gasteiger partial charge is 0.322 e. The van der Waals surface area contributed by atoms with Crippen molar-refractivity contribution in [3.63, 3.8) is 0 Å². The molecule has 2 aromatic carbocycles. The molecule has 0 saturated heterocycles. The van der Waals surface area contributed by atoms with E-state index in [1.165, 1.54) is 18.2 Å². The molecule has 19 heavy (non-hydrogen) atoms. The minimum Gasteiger partial charge on any atom is -0.322 e. The number of rotatable bonds is 2. The van der Waals surface area contributed by atoms with Crippen LogP contribution >= 0.6 is 27.5 Å². The Labute approximate surface area is 123 Å². The van der Waals surface area contributed by atoms with Gasteiger partial charge in [0.2, 0.25) is 0 Å². The van der Waals surface area contributed by atoms with Crippen LogP contribution in [0.2, 0.25) is 5.02 Å². The van der Waals surface area contributed by atoms with Gasteiger partial charge >= 0.3 is 0 Å². The van der Waals surface area contributed by atoms with Gasteiger partial charge in [-0.2, -0.15) is 0 Å². The molecule has 0 bridgehead atoms. The lowest BCUT2D eigenvalue weighted by atomic mass is 10.1. The van der Waals surface area contributed by atoms with Crippen molar-refractivity contribution >= 4 is 39.1 Å². The summed E-state index contributed by atoms with van der Waals surface area (Å²) in [6.45, 7) is 1.93. The number of carbonyl (C=O) groups is 1. The van der Waals surface area contributed by atoms with Gasteiger partial charge in [0, 0.05) is 15.2 Å². The summed E-state index contributed by atoms with van der Waals surface area (Å²) in [6, 6.07) is 9.26. The van der Waals surface area contributed by atoms with Crippen molar-refractivity contribution in [2.24, 2.45) is 0 Å². The van der Waals surface area contributed by atoms with Crippen LogP contribution < -0.4 is 5.32 Å². The predicted molar refractivity (Wildman–Crippen MR) is 78.2 cm³/mol. The minimum atomic E-state index is -0.495. The zero-order chi connectivity index (χ0) is 14.0. The lowest BCUT2D eigenvalue weighted by Crippen LogP contribution is -2.12. The third-order valence-corrected chi connectivity index (χ3v) is 3.36. The van der Waals surface area contributed by atoms with E-state index in [9.17, 15) is 9.18 Å². The maximum absolute atomic E-state index is 13.2. The zero-order valence-electron chi connectivity index (χ0n) is 10.0. The molecule has 1 amide bonds. The maximum Gasteiger partial charge on any atom is 0.256 e. The van der Waals surface area contributed by atoms with Gasteiger partial charge in [0.25, 0.3) is 5.91 Å². The molecule has 0 spiro atoms. The van der Waals surface area contributed by atoms with Crippen molar-refractivity contribution in [3.8, 4) is 0 Å². The first-order chi connectivity index (χ1) is 8.95. The quantitative estimate of drug-likeness (QED) is 0.834. The molecule has 0 aliphatic heterocycles. The molecular formula is C14H10BrClFNO. The molecular weight excluding hydrogens is 333 g/mol. The maximum atomic E-state index is 13.2. The molecule has 2 aromatic rings. The Morgan fingerprint density at radius 2 is 2.00 bits per heavy atom. The second kappa shape index (κ2) is 5.72. The van der Waals surface area contributed by atoms with E-state index < -0.39 is 5.82 Å². The van der Waals surface area contributed by atoms with Gasteiger partial charge in [0.15, 0.2) is 0 Å². The highest BCUT2D eigenvalue weighted by molar-refractivity contribution is 9.10. The van der Waals surface area contributed by atoms with E-state index in [4.69, 9.17) is 11.6 Å². The molecule has 98 valence electrons. The molecule has 0 unspecified atom stereocenters. The van der Waals surface area contributed by atoms with Crippen LogP contribution in [0.15, 0.2) is 40.9 Å². The molecule has 1 N–H and O–H groups in total. The summed E-state index contributed by atoms with van der Waals surface area (Å²) in [5.74, 6) is -0.820. The van der Waals surface area contributed by atoms with E-state index in [1.807, 2.05) is 19.1 Å². The Kier molecular flexibility index (Phi) is 4.22. The Hall–Kier alpha value is -1.39. The fraction of sp³-hybridized carbons (Fsp3) is 0.0714. The Morgan fingerprint density at radius 1 is 1.26 bits per heavy atom. The number of hydrogen-bond acceptors (Lipinski definition) is 1. The van der Waals surface area contributed by atoms with Crippen molar-refractivity contribution in [1.82, 2.24) is 0 Å². The second-order valence-corrected chi connectivity index (χ2v) is 5.39. The molecule has 0 aromatic heterocycles. The number of aryl methyl sites for hydroxylation is 1. The van der Waals surface area contributed by atoms with E-state index in [1.54, 1.807) is 6.07 Å². The van der Waals surface area contributed by atoms with E-state index >= 15 is 0 Å². The van der Waals surface area contributed by atoms with Gasteiger partial charge < -0.3 is 5.32 Å². The van der Waals surface area contributed by atoms with E-state index in [0.29, 0.717) is 15.7 Å². The number of nitrogens with one attached hydrogen (secondary N) is 1. The van der Waals surface area contributed by atoms with Crippen molar-refractivity contribution < 1.29 is 9.18 Å². The van der Waals surface area contributed by atoms with E-state index in [0.717, 1.165) is 5.56 Å². The van der Waals surface area contributed by atoms with Crippen LogP contribution in [0, 0.1) is 12.7 Å². The van der Waals surface area contributed by atoms with Gasteiger partial charge in [-0.3, -0.25) is 4.79 Å². The summed E-state index contributed by atoms with van der Waals surface area (Å²) >= 11 is 9.06. The highest BCUT2D eigenvalue weighted by Gasteiger charge is 2.11. The SMILES string of the molecule is Cc1ccc(C(=O)Nc2cc(F)cc(Cl)c2)c(Br)c1. The van der Waals surface area contributed by atoms with Crippen LogP contribution in [0.3, 0.4) is 0 Å². The smallest absolute Gasteiger partial charge is 0.256 e. The van der Waals surface area contributed by atoms with Gasteiger partial charge in [-0.15, -0.1) is 0 Å². The third kappa shape index (κ3) is 3.55. The summed E-state index contributed by atoms with van der Waals surface area (Å²) in [4.78, 5) is 12.1. The van der Waals surface area contributed by atoms with Crippen LogP contribution in [0.4, 0.5) is 10.1 Å². The Balaban J connectivity index is 2.25. The fourth-order valence-electron chi connectivity index (χ4n) is 1.63. The Morgan fingerprint density at radius 3 is 2.63 bits per heavy atom. The summed E-state index contributed by atoms with van der Waals surface area (Å²) in [5, 5.41) is 2.84. The van der Waals surface area contributed by atoms with Gasteiger partial charge in [-0.25, -0.2) is 4.39 Å². The molecule has 2 nitrogen and oxygen atoms in total. The fourth-order valence-corrected chi connectivity index (χ4v) is 2.52. The van der Waals surface area contributed by atoms with Crippen LogP contribution in [0.1, 0.15) is 15.9 Å². The third-order valence-electron chi connectivity index (χ3n) is 2.49. The molecule has 0 fully saturated rings. The normalized spacial score (nSPS) is 10.3. The van der Waals surface area contributed by atoms with Crippen LogP contribution in [0.25, 0.3) is 0 Å². The molecule has 2 rings (SSSR count). The number of benzene rings is 2. The van der Waals surface area contributed by atoms with E-state index in [2.05, 4.69) is 21.2 Å². The van der Waals surface area contributed by atoms with Crippen LogP contribution in [0.5, 0.6) is 0 Å². The molecule has 0 aliphatic rings. The molecule has 0 saturated carbocycles. The topological polar surface area (TPSA) is 29.1 Å². The first kappa shape index (κ1) is 14.0. The van der Waals surface area contributed by atoms with Gasteiger partial charge in [-0.1, -0.05) is 17.7 Å². The average Bonchev–Trinajstić information content (AvgIpc) is 2.26. The number of amides is 1. The molecule has 0 radical (unpaired) electrons. The number of hydrogen-bond donors (Lipinski definition) is 1. The minimum absolute atomic E-state index is 0.235. The zero-order valence-corrected chi connectivity index (χ0v) is 12.3. The first-order valence-corrected chi connectivity index (χ1v) is 6.66. The van der Waals surface area contributed by atoms with Crippen molar-refractivity contribution in [2.75, 3.05) is 5.32 Å². The van der Waals surface area contributed by atoms with Crippen LogP contribution in [-0.4, -0.2) is 5.91 Å². The lowest BCUT2D eigenvalue weighted by Gasteiger charge is -2.08. The van der Waals surface area contributed by atoms with Crippen molar-refractivity contribution in [3.05, 3.63) is 62.8 Å². The molecule has 5 heteroatoms. The van der Waals surface area contributed by atoms with E-state index in [-0.39, 0.29) is 10.9 Å².